The van der Waals surface area contributed by atoms with E-state index in [9.17, 15) is 0 Å². The van der Waals surface area contributed by atoms with Crippen molar-refractivity contribution in [2.45, 2.75) is 53.8 Å². The summed E-state index contributed by atoms with van der Waals surface area (Å²) < 4.78 is 2.19. The van der Waals surface area contributed by atoms with E-state index in [-0.39, 0.29) is 0 Å². The molecule has 2 aromatic rings. The van der Waals surface area contributed by atoms with Crippen molar-refractivity contribution in [3.8, 4) is 0 Å². The zero-order chi connectivity index (χ0) is 17.4. The highest BCUT2D eigenvalue weighted by molar-refractivity contribution is 7.11. The summed E-state index contributed by atoms with van der Waals surface area (Å²) in [5.74, 6) is 2.44. The van der Waals surface area contributed by atoms with Gasteiger partial charge in [0.05, 0.1) is 6.54 Å². The van der Waals surface area contributed by atoms with E-state index in [1.807, 2.05) is 23.7 Å². The molecule has 0 amide bonds. The van der Waals surface area contributed by atoms with Gasteiger partial charge in [0.1, 0.15) is 12.4 Å². The topological polar surface area (TPSA) is 54.2 Å². The molecule has 5 nitrogen and oxygen atoms in total. The SMILES string of the molecule is CCNC(=NCc1nccn1CC(C)C)NCc1ccc(CC)s1. The maximum Gasteiger partial charge on any atom is 0.191 e. The van der Waals surface area contributed by atoms with Gasteiger partial charge < -0.3 is 15.2 Å². The highest BCUT2D eigenvalue weighted by atomic mass is 32.1. The first-order chi connectivity index (χ1) is 11.6. The maximum absolute atomic E-state index is 4.68. The van der Waals surface area contributed by atoms with Crippen LogP contribution in [-0.4, -0.2) is 22.1 Å². The van der Waals surface area contributed by atoms with Crippen LogP contribution in [0.15, 0.2) is 29.5 Å². The van der Waals surface area contributed by atoms with Crippen LogP contribution < -0.4 is 10.6 Å². The fourth-order valence-corrected chi connectivity index (χ4v) is 3.32. The van der Waals surface area contributed by atoms with Crippen LogP contribution in [0.4, 0.5) is 0 Å². The normalized spacial score (nSPS) is 12.0. The van der Waals surface area contributed by atoms with Gasteiger partial charge in [-0.05, 0) is 31.4 Å². The first kappa shape index (κ1) is 18.5. The monoisotopic (exact) mass is 347 g/mol. The summed E-state index contributed by atoms with van der Waals surface area (Å²) >= 11 is 1.86. The van der Waals surface area contributed by atoms with Crippen molar-refractivity contribution >= 4 is 17.3 Å². The molecule has 0 saturated carbocycles. The van der Waals surface area contributed by atoms with E-state index in [1.165, 1.54) is 9.75 Å². The molecule has 0 radical (unpaired) electrons. The molecular weight excluding hydrogens is 318 g/mol. The highest BCUT2D eigenvalue weighted by Gasteiger charge is 2.05. The number of hydrogen-bond donors (Lipinski definition) is 2. The van der Waals surface area contributed by atoms with Crippen LogP contribution in [0.25, 0.3) is 0 Å². The highest BCUT2D eigenvalue weighted by Crippen LogP contribution is 2.16. The molecule has 0 bridgehead atoms. The summed E-state index contributed by atoms with van der Waals surface area (Å²) in [7, 11) is 0. The van der Waals surface area contributed by atoms with E-state index in [0.717, 1.165) is 37.8 Å². The average molecular weight is 348 g/mol. The summed E-state index contributed by atoms with van der Waals surface area (Å²) in [5.41, 5.74) is 0. The van der Waals surface area contributed by atoms with E-state index in [1.54, 1.807) is 0 Å². The molecule has 2 aromatic heterocycles. The lowest BCUT2D eigenvalue weighted by Gasteiger charge is -2.12. The molecule has 0 spiro atoms. The first-order valence-electron chi connectivity index (χ1n) is 8.72. The molecule has 2 rings (SSSR count). The van der Waals surface area contributed by atoms with E-state index in [0.29, 0.717) is 12.5 Å². The third-order valence-corrected chi connectivity index (χ3v) is 4.81. The second kappa shape index (κ2) is 9.47. The molecule has 0 aliphatic heterocycles. The van der Waals surface area contributed by atoms with Gasteiger partial charge in [0.2, 0.25) is 0 Å². The summed E-state index contributed by atoms with van der Waals surface area (Å²) in [5, 5.41) is 6.71. The third-order valence-electron chi connectivity index (χ3n) is 3.58. The van der Waals surface area contributed by atoms with Crippen LogP contribution in [-0.2, 0) is 26.1 Å². The number of nitrogens with zero attached hydrogens (tertiary/aromatic N) is 3. The average Bonchev–Trinajstić information content (AvgIpc) is 3.18. The standard InChI is InChI=1S/C18H29N5S/c1-5-15-7-8-16(24-15)11-21-18(19-6-2)22-12-17-20-9-10-23(17)13-14(3)4/h7-10,14H,5-6,11-13H2,1-4H3,(H2,19,21,22). The van der Waals surface area contributed by atoms with E-state index < -0.39 is 0 Å². The lowest BCUT2D eigenvalue weighted by Crippen LogP contribution is -2.36. The van der Waals surface area contributed by atoms with Gasteiger partial charge in [-0.1, -0.05) is 20.8 Å². The predicted molar refractivity (Wildman–Crippen MR) is 102 cm³/mol. The largest absolute Gasteiger partial charge is 0.357 e. The van der Waals surface area contributed by atoms with Crippen molar-refractivity contribution in [1.82, 2.24) is 20.2 Å². The van der Waals surface area contributed by atoms with Gasteiger partial charge in [-0.2, -0.15) is 0 Å². The molecule has 132 valence electrons. The molecule has 24 heavy (non-hydrogen) atoms. The van der Waals surface area contributed by atoms with E-state index >= 15 is 0 Å². The number of aromatic nitrogens is 2. The minimum absolute atomic E-state index is 0.583. The first-order valence-corrected chi connectivity index (χ1v) is 9.53. The van der Waals surface area contributed by atoms with Gasteiger partial charge in [-0.3, -0.25) is 0 Å². The second-order valence-electron chi connectivity index (χ2n) is 6.16. The molecule has 0 saturated heterocycles. The fourth-order valence-electron chi connectivity index (χ4n) is 2.42. The number of aryl methyl sites for hydroxylation is 1. The van der Waals surface area contributed by atoms with Gasteiger partial charge in [0.25, 0.3) is 0 Å². The number of thiophene rings is 1. The van der Waals surface area contributed by atoms with E-state index in [2.05, 4.69) is 65.0 Å². The van der Waals surface area contributed by atoms with Gasteiger partial charge in [0, 0.05) is 35.2 Å². The van der Waals surface area contributed by atoms with Gasteiger partial charge in [-0.25, -0.2) is 9.98 Å². The molecule has 6 heteroatoms. The Morgan fingerprint density at radius 1 is 1.25 bits per heavy atom. The van der Waals surface area contributed by atoms with Gasteiger partial charge in [0.15, 0.2) is 5.96 Å². The quantitative estimate of drug-likeness (QED) is 0.568. The van der Waals surface area contributed by atoms with Gasteiger partial charge >= 0.3 is 0 Å². The Hall–Kier alpha value is -1.82. The summed E-state index contributed by atoms with van der Waals surface area (Å²) in [4.78, 5) is 11.9. The van der Waals surface area contributed by atoms with Crippen molar-refractivity contribution < 1.29 is 0 Å². The molecule has 0 fully saturated rings. The number of aliphatic imine (C=N–C) groups is 1. The molecule has 2 heterocycles. The van der Waals surface area contributed by atoms with Crippen LogP contribution in [0.5, 0.6) is 0 Å². The van der Waals surface area contributed by atoms with Crippen molar-refractivity contribution in [2.75, 3.05) is 6.54 Å². The lowest BCUT2D eigenvalue weighted by atomic mass is 10.2. The minimum Gasteiger partial charge on any atom is -0.357 e. The Morgan fingerprint density at radius 2 is 2.04 bits per heavy atom. The zero-order valence-electron chi connectivity index (χ0n) is 15.2. The van der Waals surface area contributed by atoms with Crippen LogP contribution in [0.3, 0.4) is 0 Å². The Balaban J connectivity index is 1.96. The molecule has 2 N–H and O–H groups in total. The molecule has 0 aromatic carbocycles. The molecular formula is C18H29N5S. The van der Waals surface area contributed by atoms with Crippen LogP contribution in [0, 0.1) is 5.92 Å². The fraction of sp³-hybridized carbons (Fsp3) is 0.556. The number of guanidine groups is 1. The Bertz CT molecular complexity index is 641. The second-order valence-corrected chi connectivity index (χ2v) is 7.41. The molecule has 0 atom stereocenters. The maximum atomic E-state index is 4.68. The zero-order valence-corrected chi connectivity index (χ0v) is 16.0. The molecule has 0 unspecified atom stereocenters. The lowest BCUT2D eigenvalue weighted by molar-refractivity contribution is 0.507. The minimum atomic E-state index is 0.583. The van der Waals surface area contributed by atoms with Crippen LogP contribution in [0.2, 0.25) is 0 Å². The Labute approximate surface area is 149 Å². The number of rotatable bonds is 8. The van der Waals surface area contributed by atoms with E-state index in [4.69, 9.17) is 0 Å². The third kappa shape index (κ3) is 5.67. The van der Waals surface area contributed by atoms with Gasteiger partial charge in [-0.15, -0.1) is 11.3 Å². The number of nitrogens with one attached hydrogen (secondary N) is 2. The summed E-state index contributed by atoms with van der Waals surface area (Å²) in [6.07, 6.45) is 4.98. The molecule has 0 aliphatic rings. The number of imidazole rings is 1. The predicted octanol–water partition coefficient (Wildman–Crippen LogP) is 3.42. The summed E-state index contributed by atoms with van der Waals surface area (Å²) in [6, 6.07) is 4.39. The van der Waals surface area contributed by atoms with Crippen LogP contribution in [0.1, 0.15) is 43.3 Å². The smallest absolute Gasteiger partial charge is 0.191 e. The van der Waals surface area contributed by atoms with Crippen molar-refractivity contribution in [3.63, 3.8) is 0 Å². The Morgan fingerprint density at radius 3 is 2.71 bits per heavy atom. The van der Waals surface area contributed by atoms with Crippen molar-refractivity contribution in [2.24, 2.45) is 10.9 Å². The summed E-state index contributed by atoms with van der Waals surface area (Å²) in [6.45, 7) is 11.9. The van der Waals surface area contributed by atoms with Crippen molar-refractivity contribution in [3.05, 3.63) is 40.1 Å². The van der Waals surface area contributed by atoms with Crippen LogP contribution >= 0.6 is 11.3 Å². The Kier molecular flexibility index (Phi) is 7.31. The van der Waals surface area contributed by atoms with Crippen molar-refractivity contribution in [1.29, 1.82) is 0 Å². The molecule has 0 aliphatic carbocycles. The number of hydrogen-bond acceptors (Lipinski definition) is 3.